The molecule has 0 aliphatic carbocycles. The molecule has 1 saturated heterocycles. The average molecular weight is 231 g/mol. The van der Waals surface area contributed by atoms with Crippen molar-refractivity contribution in [2.75, 3.05) is 13.1 Å². The number of nitrogens with zero attached hydrogens (tertiary/aromatic N) is 1. The maximum absolute atomic E-state index is 11.8. The van der Waals surface area contributed by atoms with Crippen LogP contribution < -0.4 is 0 Å². The first-order valence-corrected chi connectivity index (χ1v) is 5.87. The number of hydrogen-bond donors (Lipinski definition) is 1. The molecule has 3 heteroatoms. The molecule has 1 aromatic rings. The van der Waals surface area contributed by atoms with Crippen LogP contribution in [0.3, 0.4) is 0 Å². The van der Waals surface area contributed by atoms with E-state index in [1.807, 2.05) is 37.3 Å². The van der Waals surface area contributed by atoms with Crippen LogP contribution in [0, 0.1) is 6.92 Å². The van der Waals surface area contributed by atoms with E-state index in [1.165, 1.54) is 0 Å². The van der Waals surface area contributed by atoms with Crippen molar-refractivity contribution in [2.45, 2.75) is 19.4 Å². The van der Waals surface area contributed by atoms with Crippen LogP contribution in [-0.4, -0.2) is 35.1 Å². The number of β-amino-alcohol motifs (C(OH)–C–C–N with tert-alkyl or cyclic N) is 1. The van der Waals surface area contributed by atoms with Gasteiger partial charge in [-0.15, -0.1) is 0 Å². The van der Waals surface area contributed by atoms with Gasteiger partial charge in [-0.3, -0.25) is 4.79 Å². The molecular formula is C14H17NO2. The Morgan fingerprint density at radius 2 is 2.24 bits per heavy atom. The van der Waals surface area contributed by atoms with Gasteiger partial charge in [0.15, 0.2) is 0 Å². The number of rotatable bonds is 2. The number of hydrogen-bond acceptors (Lipinski definition) is 2. The predicted octanol–water partition coefficient (Wildman–Crippen LogP) is 1.60. The minimum absolute atomic E-state index is 0.0233. The molecule has 1 heterocycles. The number of aliphatic hydroxyl groups excluding tert-OH is 1. The molecule has 0 unspecified atom stereocenters. The Morgan fingerprint density at radius 1 is 1.47 bits per heavy atom. The van der Waals surface area contributed by atoms with E-state index in [1.54, 1.807) is 11.0 Å². The molecule has 0 radical (unpaired) electrons. The lowest BCUT2D eigenvalue weighted by Crippen LogP contribution is -2.27. The van der Waals surface area contributed by atoms with E-state index in [-0.39, 0.29) is 12.0 Å². The van der Waals surface area contributed by atoms with Crippen molar-refractivity contribution < 1.29 is 9.90 Å². The number of carbonyl (C=O) groups is 1. The van der Waals surface area contributed by atoms with Crippen LogP contribution in [0.2, 0.25) is 0 Å². The molecule has 0 bridgehead atoms. The highest BCUT2D eigenvalue weighted by Gasteiger charge is 2.22. The second kappa shape index (κ2) is 5.15. The third-order valence-corrected chi connectivity index (χ3v) is 3.07. The van der Waals surface area contributed by atoms with E-state index in [4.69, 9.17) is 0 Å². The Morgan fingerprint density at radius 3 is 2.88 bits per heavy atom. The summed E-state index contributed by atoms with van der Waals surface area (Å²) >= 11 is 0. The molecule has 1 amide bonds. The van der Waals surface area contributed by atoms with Crippen LogP contribution in [0.25, 0.3) is 6.08 Å². The molecule has 17 heavy (non-hydrogen) atoms. The molecule has 0 spiro atoms. The summed E-state index contributed by atoms with van der Waals surface area (Å²) < 4.78 is 0. The summed E-state index contributed by atoms with van der Waals surface area (Å²) in [5.41, 5.74) is 2.21. The fraction of sp³-hybridized carbons (Fsp3) is 0.357. The zero-order valence-electron chi connectivity index (χ0n) is 9.97. The van der Waals surface area contributed by atoms with E-state index >= 15 is 0 Å². The van der Waals surface area contributed by atoms with Crippen molar-refractivity contribution in [3.8, 4) is 0 Å². The van der Waals surface area contributed by atoms with Crippen LogP contribution in [0.4, 0.5) is 0 Å². The second-order valence-corrected chi connectivity index (χ2v) is 4.42. The van der Waals surface area contributed by atoms with Crippen LogP contribution in [0.1, 0.15) is 17.5 Å². The number of carbonyl (C=O) groups excluding carboxylic acids is 1. The van der Waals surface area contributed by atoms with Crippen LogP contribution in [0.15, 0.2) is 30.3 Å². The number of amides is 1. The summed E-state index contributed by atoms with van der Waals surface area (Å²) in [5, 5.41) is 9.36. The molecule has 0 aromatic heterocycles. The van der Waals surface area contributed by atoms with Gasteiger partial charge in [0.1, 0.15) is 0 Å². The predicted molar refractivity (Wildman–Crippen MR) is 67.4 cm³/mol. The molecule has 90 valence electrons. The lowest BCUT2D eigenvalue weighted by molar-refractivity contribution is -0.125. The summed E-state index contributed by atoms with van der Waals surface area (Å²) in [4.78, 5) is 13.5. The second-order valence-electron chi connectivity index (χ2n) is 4.42. The minimum atomic E-state index is -0.356. The van der Waals surface area contributed by atoms with Gasteiger partial charge in [-0.2, -0.15) is 0 Å². The normalized spacial score (nSPS) is 20.1. The van der Waals surface area contributed by atoms with Gasteiger partial charge in [-0.1, -0.05) is 24.3 Å². The quantitative estimate of drug-likeness (QED) is 0.785. The van der Waals surface area contributed by atoms with Crippen molar-refractivity contribution in [1.29, 1.82) is 0 Å². The standard InChI is InChI=1S/C14H17NO2/c1-11-4-2-3-5-12(11)6-7-14(17)15-9-8-13(16)10-15/h2-7,13,16H,8-10H2,1H3/b7-6+/t13-/m0/s1. The van der Waals surface area contributed by atoms with E-state index < -0.39 is 0 Å². The average Bonchev–Trinajstić information content (AvgIpc) is 2.74. The van der Waals surface area contributed by atoms with E-state index in [0.717, 1.165) is 11.1 Å². The van der Waals surface area contributed by atoms with Gasteiger partial charge in [-0.05, 0) is 30.5 Å². The monoisotopic (exact) mass is 231 g/mol. The van der Waals surface area contributed by atoms with Gasteiger partial charge < -0.3 is 10.0 Å². The smallest absolute Gasteiger partial charge is 0.246 e. The summed E-state index contributed by atoms with van der Waals surface area (Å²) in [5.74, 6) is -0.0233. The van der Waals surface area contributed by atoms with Gasteiger partial charge in [0, 0.05) is 19.2 Å². The fourth-order valence-corrected chi connectivity index (χ4v) is 1.98. The van der Waals surface area contributed by atoms with Gasteiger partial charge in [-0.25, -0.2) is 0 Å². The van der Waals surface area contributed by atoms with Crippen LogP contribution >= 0.6 is 0 Å². The summed E-state index contributed by atoms with van der Waals surface area (Å²) in [6, 6.07) is 7.93. The van der Waals surface area contributed by atoms with Crippen molar-refractivity contribution in [1.82, 2.24) is 4.90 Å². The summed E-state index contributed by atoms with van der Waals surface area (Å²) in [6.07, 6.45) is 3.75. The Bertz CT molecular complexity index is 440. The van der Waals surface area contributed by atoms with Crippen molar-refractivity contribution in [3.05, 3.63) is 41.5 Å². The Kier molecular flexibility index (Phi) is 3.59. The van der Waals surface area contributed by atoms with Crippen LogP contribution in [-0.2, 0) is 4.79 Å². The van der Waals surface area contributed by atoms with Crippen molar-refractivity contribution in [2.24, 2.45) is 0 Å². The van der Waals surface area contributed by atoms with Gasteiger partial charge >= 0.3 is 0 Å². The highest BCUT2D eigenvalue weighted by molar-refractivity contribution is 5.92. The summed E-state index contributed by atoms with van der Waals surface area (Å²) in [6.45, 7) is 3.12. The maximum Gasteiger partial charge on any atom is 0.246 e. The molecule has 1 atom stereocenters. The van der Waals surface area contributed by atoms with Gasteiger partial charge in [0.2, 0.25) is 5.91 Å². The molecule has 1 N–H and O–H groups in total. The fourth-order valence-electron chi connectivity index (χ4n) is 1.98. The van der Waals surface area contributed by atoms with Crippen LogP contribution in [0.5, 0.6) is 0 Å². The zero-order valence-corrected chi connectivity index (χ0v) is 9.97. The number of aliphatic hydroxyl groups is 1. The molecule has 1 aromatic carbocycles. The number of benzene rings is 1. The first-order chi connectivity index (χ1) is 8.16. The van der Waals surface area contributed by atoms with E-state index in [2.05, 4.69) is 0 Å². The molecule has 1 aliphatic rings. The Balaban J connectivity index is 2.01. The maximum atomic E-state index is 11.8. The van der Waals surface area contributed by atoms with E-state index in [0.29, 0.717) is 19.5 Å². The molecular weight excluding hydrogens is 214 g/mol. The van der Waals surface area contributed by atoms with Crippen molar-refractivity contribution >= 4 is 12.0 Å². The SMILES string of the molecule is Cc1ccccc1/C=C/C(=O)N1CC[C@H](O)C1. The lowest BCUT2D eigenvalue weighted by Gasteiger charge is -2.12. The zero-order chi connectivity index (χ0) is 12.3. The van der Waals surface area contributed by atoms with Gasteiger partial charge in [0.05, 0.1) is 6.10 Å². The Labute approximate surface area is 101 Å². The topological polar surface area (TPSA) is 40.5 Å². The highest BCUT2D eigenvalue weighted by atomic mass is 16.3. The Hall–Kier alpha value is -1.61. The number of aryl methyl sites for hydroxylation is 1. The van der Waals surface area contributed by atoms with Gasteiger partial charge in [0.25, 0.3) is 0 Å². The first kappa shape index (κ1) is 11.9. The third-order valence-electron chi connectivity index (χ3n) is 3.07. The largest absolute Gasteiger partial charge is 0.391 e. The first-order valence-electron chi connectivity index (χ1n) is 5.87. The summed E-state index contributed by atoms with van der Waals surface area (Å²) in [7, 11) is 0. The molecule has 0 saturated carbocycles. The number of likely N-dealkylation sites (tertiary alicyclic amines) is 1. The molecule has 1 fully saturated rings. The molecule has 2 rings (SSSR count). The lowest BCUT2D eigenvalue weighted by atomic mass is 10.1. The molecule has 1 aliphatic heterocycles. The van der Waals surface area contributed by atoms with E-state index in [9.17, 15) is 9.90 Å². The highest BCUT2D eigenvalue weighted by Crippen LogP contribution is 2.12. The van der Waals surface area contributed by atoms with Crippen molar-refractivity contribution in [3.63, 3.8) is 0 Å². The molecule has 3 nitrogen and oxygen atoms in total. The minimum Gasteiger partial charge on any atom is -0.391 e. The third kappa shape index (κ3) is 2.94.